The molecule has 0 N–H and O–H groups in total. The molecule has 0 spiro atoms. The summed E-state index contributed by atoms with van der Waals surface area (Å²) in [4.78, 5) is 13.0. The normalized spacial score (nSPS) is 15.8. The summed E-state index contributed by atoms with van der Waals surface area (Å²) in [5, 5.41) is 16.2. The Kier molecular flexibility index (Phi) is 5.85. The van der Waals surface area contributed by atoms with Crippen LogP contribution in [0.1, 0.15) is 12.6 Å². The maximum atomic E-state index is 12.9. The number of hydrogen-bond donors (Lipinski definition) is 0. The van der Waals surface area contributed by atoms with Crippen molar-refractivity contribution in [3.05, 3.63) is 44.1 Å². The molecule has 2 heterocycles. The van der Waals surface area contributed by atoms with Crippen molar-refractivity contribution in [2.75, 3.05) is 31.1 Å². The lowest BCUT2D eigenvalue weighted by Crippen LogP contribution is -2.49. The van der Waals surface area contributed by atoms with Crippen molar-refractivity contribution in [1.82, 2.24) is 14.1 Å². The minimum Gasteiger partial charge on any atom is -0.348 e. The molecule has 9 nitrogen and oxygen atoms in total. The molecule has 12 heteroatoms. The first-order valence-corrected chi connectivity index (χ1v) is 10.8. The van der Waals surface area contributed by atoms with Crippen LogP contribution in [0.2, 0.25) is 10.0 Å². The van der Waals surface area contributed by atoms with Gasteiger partial charge in [0, 0.05) is 33.2 Å². The molecule has 1 saturated heterocycles. The predicted octanol–water partition coefficient (Wildman–Crippen LogP) is 2.71. The highest BCUT2D eigenvalue weighted by Gasteiger charge is 2.34. The third-order valence-corrected chi connectivity index (χ3v) is 7.28. The monoisotopic (exact) mass is 447 g/mol. The van der Waals surface area contributed by atoms with Gasteiger partial charge < -0.3 is 4.90 Å². The summed E-state index contributed by atoms with van der Waals surface area (Å²) in [5.74, 6) is 0.397. The largest absolute Gasteiger partial charge is 0.348 e. The lowest BCUT2D eigenvalue weighted by Gasteiger charge is -2.34. The number of nitrogens with zero attached hydrogens (tertiary/aromatic N) is 5. The number of rotatable bonds is 5. The summed E-state index contributed by atoms with van der Waals surface area (Å²) in [5.41, 5.74) is 0.388. The number of hydrogen-bond acceptors (Lipinski definition) is 6. The van der Waals surface area contributed by atoms with Gasteiger partial charge in [0.05, 0.1) is 19.9 Å². The third kappa shape index (κ3) is 3.69. The zero-order chi connectivity index (χ0) is 20.6. The summed E-state index contributed by atoms with van der Waals surface area (Å²) in [6, 6.07) is 4.18. The van der Waals surface area contributed by atoms with Crippen molar-refractivity contribution in [3.8, 4) is 0 Å². The maximum Gasteiger partial charge on any atom is 0.334 e. The van der Waals surface area contributed by atoms with Crippen LogP contribution in [0.25, 0.3) is 0 Å². The third-order valence-electron chi connectivity index (χ3n) is 4.65. The minimum absolute atomic E-state index is 0.0224. The molecule has 0 atom stereocenters. The van der Waals surface area contributed by atoms with Crippen LogP contribution in [0.4, 0.5) is 11.5 Å². The average molecular weight is 448 g/mol. The van der Waals surface area contributed by atoms with E-state index < -0.39 is 14.9 Å². The van der Waals surface area contributed by atoms with E-state index >= 15 is 0 Å². The molecule has 0 aliphatic carbocycles. The molecular formula is C16H19Cl2N5O4S. The minimum atomic E-state index is -3.74. The Hall–Kier alpha value is -1.88. The number of piperazine rings is 1. The lowest BCUT2D eigenvalue weighted by molar-refractivity contribution is -0.384. The standard InChI is InChI=1S/C16H19Cl2N5O4S/c1-3-14-15(23(24)25)16(20(2)19-14)21-6-8-22(9-7-21)28(26,27)11-4-5-12(17)13(18)10-11/h4-5,10H,3,6-9H2,1-2H3. The van der Waals surface area contributed by atoms with Gasteiger partial charge in [-0.3, -0.25) is 10.1 Å². The molecule has 1 aliphatic rings. The van der Waals surface area contributed by atoms with Gasteiger partial charge in [-0.15, -0.1) is 0 Å². The SMILES string of the molecule is CCc1nn(C)c(N2CCN(S(=O)(=O)c3ccc(Cl)c(Cl)c3)CC2)c1[N+](=O)[O-]. The molecule has 1 aliphatic heterocycles. The molecule has 1 aromatic carbocycles. The fraction of sp³-hybridized carbons (Fsp3) is 0.438. The van der Waals surface area contributed by atoms with Gasteiger partial charge in [-0.05, 0) is 24.6 Å². The molecule has 2 aromatic rings. The Labute approximate surface area is 172 Å². The number of halogens is 2. The molecule has 1 fully saturated rings. The molecular weight excluding hydrogens is 429 g/mol. The Morgan fingerprint density at radius 1 is 1.18 bits per heavy atom. The molecule has 0 unspecified atom stereocenters. The number of sulfonamides is 1. The van der Waals surface area contributed by atoms with E-state index in [1.165, 1.54) is 27.2 Å². The van der Waals surface area contributed by atoms with E-state index in [1.807, 2.05) is 0 Å². The van der Waals surface area contributed by atoms with E-state index in [1.54, 1.807) is 18.9 Å². The Morgan fingerprint density at radius 3 is 2.36 bits per heavy atom. The van der Waals surface area contributed by atoms with E-state index in [9.17, 15) is 18.5 Å². The van der Waals surface area contributed by atoms with Gasteiger partial charge >= 0.3 is 5.69 Å². The number of aryl methyl sites for hydroxylation is 2. The van der Waals surface area contributed by atoms with E-state index in [4.69, 9.17) is 23.2 Å². The van der Waals surface area contributed by atoms with Crippen LogP contribution in [-0.2, 0) is 23.5 Å². The van der Waals surface area contributed by atoms with Gasteiger partial charge in [-0.25, -0.2) is 13.1 Å². The van der Waals surface area contributed by atoms with Crippen molar-refractivity contribution < 1.29 is 13.3 Å². The Balaban J connectivity index is 1.82. The van der Waals surface area contributed by atoms with Gasteiger partial charge in [-0.2, -0.15) is 9.40 Å². The molecule has 0 radical (unpaired) electrons. The predicted molar refractivity (Wildman–Crippen MR) is 107 cm³/mol. The van der Waals surface area contributed by atoms with Crippen LogP contribution in [0.5, 0.6) is 0 Å². The van der Waals surface area contributed by atoms with Gasteiger partial charge in [0.2, 0.25) is 15.8 Å². The van der Waals surface area contributed by atoms with Crippen LogP contribution in [-0.4, -0.2) is 53.6 Å². The molecule has 28 heavy (non-hydrogen) atoms. The van der Waals surface area contributed by atoms with E-state index in [0.717, 1.165) is 0 Å². The molecule has 152 valence electrons. The molecule has 3 rings (SSSR count). The first-order valence-electron chi connectivity index (χ1n) is 8.57. The molecule has 0 bridgehead atoms. The zero-order valence-corrected chi connectivity index (χ0v) is 17.6. The first-order chi connectivity index (χ1) is 13.2. The van der Waals surface area contributed by atoms with Gasteiger partial charge in [0.15, 0.2) is 0 Å². The fourth-order valence-corrected chi connectivity index (χ4v) is 5.08. The van der Waals surface area contributed by atoms with Crippen molar-refractivity contribution in [2.24, 2.45) is 7.05 Å². The fourth-order valence-electron chi connectivity index (χ4n) is 3.26. The number of anilines is 1. The van der Waals surface area contributed by atoms with Crippen molar-refractivity contribution in [3.63, 3.8) is 0 Å². The van der Waals surface area contributed by atoms with Crippen LogP contribution >= 0.6 is 23.2 Å². The lowest BCUT2D eigenvalue weighted by atomic mass is 10.2. The van der Waals surface area contributed by atoms with E-state index in [2.05, 4.69) is 5.10 Å². The number of aromatic nitrogens is 2. The topological polar surface area (TPSA) is 102 Å². The van der Waals surface area contributed by atoms with Gasteiger partial charge in [0.1, 0.15) is 5.69 Å². The summed E-state index contributed by atoms with van der Waals surface area (Å²) in [6.07, 6.45) is 0.440. The highest BCUT2D eigenvalue weighted by atomic mass is 35.5. The van der Waals surface area contributed by atoms with Crippen LogP contribution in [0.3, 0.4) is 0 Å². The first kappa shape index (κ1) is 20.8. The highest BCUT2D eigenvalue weighted by molar-refractivity contribution is 7.89. The second-order valence-corrected chi connectivity index (χ2v) is 9.07. The Morgan fingerprint density at radius 2 is 1.82 bits per heavy atom. The van der Waals surface area contributed by atoms with Crippen molar-refractivity contribution in [1.29, 1.82) is 0 Å². The highest BCUT2D eigenvalue weighted by Crippen LogP contribution is 2.33. The van der Waals surface area contributed by atoms with E-state index in [0.29, 0.717) is 31.0 Å². The average Bonchev–Trinajstić information content (AvgIpc) is 3.00. The van der Waals surface area contributed by atoms with Crippen molar-refractivity contribution >= 4 is 44.7 Å². The van der Waals surface area contributed by atoms with Crippen LogP contribution in [0.15, 0.2) is 23.1 Å². The smallest absolute Gasteiger partial charge is 0.334 e. The zero-order valence-electron chi connectivity index (χ0n) is 15.3. The van der Waals surface area contributed by atoms with Gasteiger partial charge in [-0.1, -0.05) is 30.1 Å². The summed E-state index contributed by atoms with van der Waals surface area (Å²) < 4.78 is 28.6. The number of nitro groups is 1. The molecule has 0 saturated carbocycles. The van der Waals surface area contributed by atoms with Crippen LogP contribution < -0.4 is 4.90 Å². The maximum absolute atomic E-state index is 12.9. The van der Waals surface area contributed by atoms with Gasteiger partial charge in [0.25, 0.3) is 0 Å². The summed E-state index contributed by atoms with van der Waals surface area (Å²) >= 11 is 11.8. The second-order valence-electron chi connectivity index (χ2n) is 6.32. The molecule has 0 amide bonds. The second kappa shape index (κ2) is 7.86. The number of benzene rings is 1. The molecule has 1 aromatic heterocycles. The Bertz CT molecular complexity index is 1020. The van der Waals surface area contributed by atoms with Crippen molar-refractivity contribution in [2.45, 2.75) is 18.2 Å². The summed E-state index contributed by atoms with van der Waals surface area (Å²) in [6.45, 7) is 2.80. The quantitative estimate of drug-likeness (QED) is 0.515. The summed E-state index contributed by atoms with van der Waals surface area (Å²) in [7, 11) is -2.08. The van der Waals surface area contributed by atoms with Crippen LogP contribution in [0, 0.1) is 10.1 Å². The van der Waals surface area contributed by atoms with E-state index in [-0.39, 0.29) is 33.7 Å².